The van der Waals surface area contributed by atoms with E-state index in [0.29, 0.717) is 0 Å². The van der Waals surface area contributed by atoms with Gasteiger partial charge >= 0.3 is 11.9 Å². The second kappa shape index (κ2) is 6.87. The normalized spacial score (nSPS) is 14.3. The van der Waals surface area contributed by atoms with Gasteiger partial charge < -0.3 is 20.1 Å². The number of cyclic esters (lactones) is 1. The zero-order valence-corrected chi connectivity index (χ0v) is 17.6. The fraction of sp³-hybridized carbons (Fsp3) is 0.200. The Hall–Kier alpha value is -3.80. The Morgan fingerprint density at radius 1 is 0.839 bits per heavy atom. The molecule has 0 saturated heterocycles. The number of benzene rings is 3. The van der Waals surface area contributed by atoms with Gasteiger partial charge in [-0.25, -0.2) is 9.59 Å². The molecule has 0 amide bonds. The lowest BCUT2D eigenvalue weighted by molar-refractivity contribution is 0.0233. The molecule has 0 aromatic heterocycles. The van der Waals surface area contributed by atoms with Gasteiger partial charge in [0.2, 0.25) is 0 Å². The molecule has 1 aliphatic heterocycles. The number of aromatic carboxylic acids is 1. The van der Waals surface area contributed by atoms with Gasteiger partial charge in [-0.05, 0) is 86.3 Å². The van der Waals surface area contributed by atoms with Crippen molar-refractivity contribution in [2.24, 2.45) is 0 Å². The number of fused-ring (bicyclic) bond motifs is 1. The summed E-state index contributed by atoms with van der Waals surface area (Å²) in [6, 6.07) is 10.8. The number of aromatic hydroxyl groups is 2. The van der Waals surface area contributed by atoms with Gasteiger partial charge in [0.1, 0.15) is 11.5 Å². The average molecular weight is 418 g/mol. The predicted octanol–water partition coefficient (Wildman–Crippen LogP) is 4.49. The van der Waals surface area contributed by atoms with Gasteiger partial charge in [-0.1, -0.05) is 6.07 Å². The van der Waals surface area contributed by atoms with Crippen molar-refractivity contribution in [1.82, 2.24) is 0 Å². The standard InChI is InChI=1S/C25H22O6/c1-12-8-18(20(26)10-14(12)3)25(19-9-13(2)15(4)11-21(19)27)22-16(23(28)29)6-5-7-17(22)24(30)31-25/h5-11,26-27H,1-4H3,(H,28,29). The van der Waals surface area contributed by atoms with Gasteiger partial charge in [0, 0.05) is 16.7 Å². The van der Waals surface area contributed by atoms with E-state index in [0.717, 1.165) is 22.3 Å². The first-order valence-electron chi connectivity index (χ1n) is 9.79. The molecule has 0 unspecified atom stereocenters. The molecule has 1 heterocycles. The Bertz CT molecular complexity index is 1210. The first-order chi connectivity index (χ1) is 14.6. The van der Waals surface area contributed by atoms with Crippen molar-refractivity contribution < 1.29 is 29.6 Å². The lowest BCUT2D eigenvalue weighted by atomic mass is 9.75. The number of hydrogen-bond acceptors (Lipinski definition) is 5. The largest absolute Gasteiger partial charge is 0.507 e. The van der Waals surface area contributed by atoms with E-state index in [1.165, 1.54) is 18.2 Å². The maximum Gasteiger partial charge on any atom is 0.340 e. The highest BCUT2D eigenvalue weighted by Gasteiger charge is 2.53. The quantitative estimate of drug-likeness (QED) is 0.542. The number of phenolic OH excluding ortho intramolecular Hbond substituents is 2. The monoisotopic (exact) mass is 418 g/mol. The summed E-state index contributed by atoms with van der Waals surface area (Å²) < 4.78 is 5.91. The maximum absolute atomic E-state index is 13.0. The lowest BCUT2D eigenvalue weighted by Crippen LogP contribution is -2.32. The SMILES string of the molecule is Cc1cc(O)c(C2(c3cc(C)c(C)cc3O)OC(=O)c3cccc(C(=O)O)c32)cc1C. The molecule has 3 N–H and O–H groups in total. The molecule has 0 bridgehead atoms. The Balaban J connectivity index is 2.23. The topological polar surface area (TPSA) is 104 Å². The first-order valence-corrected chi connectivity index (χ1v) is 9.79. The van der Waals surface area contributed by atoms with Crippen LogP contribution in [0.1, 0.15) is 59.7 Å². The summed E-state index contributed by atoms with van der Waals surface area (Å²) in [6.07, 6.45) is 0. The van der Waals surface area contributed by atoms with Crippen molar-refractivity contribution >= 4 is 11.9 Å². The van der Waals surface area contributed by atoms with Crippen LogP contribution in [0, 0.1) is 27.7 Å². The van der Waals surface area contributed by atoms with Gasteiger partial charge in [0.05, 0.1) is 11.1 Å². The first kappa shape index (κ1) is 20.5. The fourth-order valence-electron chi connectivity index (χ4n) is 4.22. The Morgan fingerprint density at radius 2 is 1.32 bits per heavy atom. The third-order valence-electron chi connectivity index (χ3n) is 6.10. The zero-order valence-electron chi connectivity index (χ0n) is 17.6. The van der Waals surface area contributed by atoms with E-state index < -0.39 is 17.5 Å². The summed E-state index contributed by atoms with van der Waals surface area (Å²) in [4.78, 5) is 25.1. The number of hydrogen-bond donors (Lipinski definition) is 3. The van der Waals surface area contributed by atoms with E-state index in [1.54, 1.807) is 24.3 Å². The van der Waals surface area contributed by atoms with Crippen LogP contribution in [0.5, 0.6) is 11.5 Å². The summed E-state index contributed by atoms with van der Waals surface area (Å²) >= 11 is 0. The highest BCUT2D eigenvalue weighted by Crippen LogP contribution is 2.53. The van der Waals surface area contributed by atoms with Crippen LogP contribution in [0.3, 0.4) is 0 Å². The number of carbonyl (C=O) groups is 2. The minimum absolute atomic E-state index is 0.0788. The van der Waals surface area contributed by atoms with E-state index in [1.807, 2.05) is 27.7 Å². The molecule has 6 nitrogen and oxygen atoms in total. The molecule has 31 heavy (non-hydrogen) atoms. The van der Waals surface area contributed by atoms with Crippen molar-refractivity contribution in [3.8, 4) is 11.5 Å². The van der Waals surface area contributed by atoms with Crippen LogP contribution < -0.4 is 0 Å². The number of esters is 1. The van der Waals surface area contributed by atoms with Gasteiger partial charge in [-0.2, -0.15) is 0 Å². The molecule has 3 aromatic rings. The molecule has 0 saturated carbocycles. The van der Waals surface area contributed by atoms with Crippen LogP contribution in [0.25, 0.3) is 0 Å². The van der Waals surface area contributed by atoms with Gasteiger partial charge in [-0.3, -0.25) is 0 Å². The molecular formula is C25H22O6. The van der Waals surface area contributed by atoms with Gasteiger partial charge in [0.25, 0.3) is 0 Å². The Labute approximate surface area is 179 Å². The van der Waals surface area contributed by atoms with Crippen molar-refractivity contribution in [1.29, 1.82) is 0 Å². The van der Waals surface area contributed by atoms with E-state index in [-0.39, 0.29) is 39.3 Å². The number of carbonyl (C=O) groups excluding carboxylic acids is 1. The Morgan fingerprint density at radius 3 is 1.81 bits per heavy atom. The highest BCUT2D eigenvalue weighted by atomic mass is 16.6. The van der Waals surface area contributed by atoms with Crippen LogP contribution in [-0.4, -0.2) is 27.3 Å². The average Bonchev–Trinajstić information content (AvgIpc) is 3.01. The summed E-state index contributed by atoms with van der Waals surface area (Å²) in [5.41, 5.74) is 1.84. The maximum atomic E-state index is 13.0. The van der Waals surface area contributed by atoms with Crippen LogP contribution in [0.2, 0.25) is 0 Å². The van der Waals surface area contributed by atoms with E-state index in [2.05, 4.69) is 0 Å². The second-order valence-electron chi connectivity index (χ2n) is 8.01. The highest BCUT2D eigenvalue weighted by molar-refractivity contribution is 6.02. The number of ether oxygens (including phenoxy) is 1. The summed E-state index contributed by atoms with van der Waals surface area (Å²) in [5, 5.41) is 31.8. The summed E-state index contributed by atoms with van der Waals surface area (Å²) in [7, 11) is 0. The van der Waals surface area contributed by atoms with Crippen LogP contribution in [-0.2, 0) is 10.3 Å². The van der Waals surface area contributed by atoms with E-state index >= 15 is 0 Å². The number of rotatable bonds is 3. The fourth-order valence-corrected chi connectivity index (χ4v) is 4.22. The Kier molecular flexibility index (Phi) is 4.54. The molecule has 158 valence electrons. The molecule has 0 aliphatic carbocycles. The molecule has 3 aromatic carbocycles. The lowest BCUT2D eigenvalue weighted by Gasteiger charge is -2.33. The number of carboxylic acid groups (broad SMARTS) is 1. The molecule has 6 heteroatoms. The molecular weight excluding hydrogens is 396 g/mol. The second-order valence-corrected chi connectivity index (χ2v) is 8.01. The van der Waals surface area contributed by atoms with E-state index in [9.17, 15) is 24.9 Å². The van der Waals surface area contributed by atoms with Crippen LogP contribution in [0.15, 0.2) is 42.5 Å². The third-order valence-corrected chi connectivity index (χ3v) is 6.10. The predicted molar refractivity (Wildman–Crippen MR) is 114 cm³/mol. The molecule has 0 spiro atoms. The molecule has 0 fully saturated rings. The molecule has 0 atom stereocenters. The van der Waals surface area contributed by atoms with E-state index in [4.69, 9.17) is 4.74 Å². The van der Waals surface area contributed by atoms with Crippen molar-refractivity contribution in [3.63, 3.8) is 0 Å². The van der Waals surface area contributed by atoms with Crippen molar-refractivity contribution in [3.05, 3.63) is 92.5 Å². The smallest absolute Gasteiger partial charge is 0.340 e. The number of phenols is 2. The van der Waals surface area contributed by atoms with Crippen LogP contribution >= 0.6 is 0 Å². The molecule has 1 aliphatic rings. The number of aryl methyl sites for hydroxylation is 4. The van der Waals surface area contributed by atoms with Crippen LogP contribution in [0.4, 0.5) is 0 Å². The minimum Gasteiger partial charge on any atom is -0.507 e. The number of carboxylic acids is 1. The molecule has 4 rings (SSSR count). The zero-order chi connectivity index (χ0) is 22.7. The summed E-state index contributed by atoms with van der Waals surface area (Å²) in [6.45, 7) is 7.34. The minimum atomic E-state index is -1.83. The summed E-state index contributed by atoms with van der Waals surface area (Å²) in [5.74, 6) is -2.30. The van der Waals surface area contributed by atoms with Crippen molar-refractivity contribution in [2.45, 2.75) is 33.3 Å². The van der Waals surface area contributed by atoms with Gasteiger partial charge in [-0.15, -0.1) is 0 Å². The van der Waals surface area contributed by atoms with Crippen molar-refractivity contribution in [2.75, 3.05) is 0 Å². The third kappa shape index (κ3) is 2.86. The molecule has 0 radical (unpaired) electrons. The van der Waals surface area contributed by atoms with Gasteiger partial charge in [0.15, 0.2) is 5.60 Å².